The molecule has 1 aliphatic heterocycles. The van der Waals surface area contributed by atoms with Crippen LogP contribution in [0, 0.1) is 6.92 Å². The van der Waals surface area contributed by atoms with Crippen molar-refractivity contribution in [2.24, 2.45) is 0 Å². The summed E-state index contributed by atoms with van der Waals surface area (Å²) >= 11 is 0. The van der Waals surface area contributed by atoms with Crippen LogP contribution >= 0.6 is 0 Å². The van der Waals surface area contributed by atoms with Gasteiger partial charge >= 0.3 is 0 Å². The molecule has 1 aliphatic rings. The van der Waals surface area contributed by atoms with E-state index in [2.05, 4.69) is 31.8 Å². The maximum Gasteiger partial charge on any atom is 0.246 e. The largest absolute Gasteiger partial charge is 0.331 e. The van der Waals surface area contributed by atoms with E-state index in [4.69, 9.17) is 0 Å². The maximum absolute atomic E-state index is 12.0. The van der Waals surface area contributed by atoms with Crippen LogP contribution in [-0.2, 0) is 4.79 Å². The monoisotopic (exact) mass is 310 g/mol. The van der Waals surface area contributed by atoms with Crippen molar-refractivity contribution in [2.45, 2.75) is 25.8 Å². The van der Waals surface area contributed by atoms with Gasteiger partial charge in [-0.25, -0.2) is 15.0 Å². The molecule has 23 heavy (non-hydrogen) atoms. The van der Waals surface area contributed by atoms with Crippen LogP contribution in [0.4, 0.5) is 11.6 Å². The average Bonchev–Trinajstić information content (AvgIpc) is 3.04. The molecule has 1 fully saturated rings. The Morgan fingerprint density at radius 1 is 1.39 bits per heavy atom. The van der Waals surface area contributed by atoms with Gasteiger partial charge in [0.05, 0.1) is 17.9 Å². The lowest BCUT2D eigenvalue weighted by Gasteiger charge is -2.23. The van der Waals surface area contributed by atoms with Gasteiger partial charge in [0.2, 0.25) is 5.91 Å². The Balaban J connectivity index is 1.88. The Bertz CT molecular complexity index is 718. The minimum atomic E-state index is -0.0628. The third-order valence-electron chi connectivity index (χ3n) is 3.73. The minimum Gasteiger partial charge on any atom is -0.331 e. The average molecular weight is 310 g/mol. The van der Waals surface area contributed by atoms with Crippen molar-refractivity contribution >= 4 is 17.5 Å². The molecule has 2 aromatic heterocycles. The van der Waals surface area contributed by atoms with Gasteiger partial charge in [-0.1, -0.05) is 6.58 Å². The SMILES string of the molecule is C=CC(=O)N1CCC[C@H]1c1cc(Nc2cnccn2)nc(C)n1. The van der Waals surface area contributed by atoms with Crippen LogP contribution < -0.4 is 5.32 Å². The summed E-state index contributed by atoms with van der Waals surface area (Å²) in [5.74, 6) is 1.84. The van der Waals surface area contributed by atoms with Gasteiger partial charge in [0.25, 0.3) is 0 Å². The summed E-state index contributed by atoms with van der Waals surface area (Å²) in [6, 6.07) is 1.82. The summed E-state index contributed by atoms with van der Waals surface area (Å²) < 4.78 is 0. The summed E-state index contributed by atoms with van der Waals surface area (Å²) in [4.78, 5) is 30.9. The molecule has 0 saturated carbocycles. The number of aryl methyl sites for hydroxylation is 1. The van der Waals surface area contributed by atoms with Crippen LogP contribution in [0.2, 0.25) is 0 Å². The zero-order chi connectivity index (χ0) is 16.2. The fourth-order valence-corrected chi connectivity index (χ4v) is 2.78. The van der Waals surface area contributed by atoms with Crippen molar-refractivity contribution < 1.29 is 4.79 Å². The second kappa shape index (κ2) is 6.51. The van der Waals surface area contributed by atoms with E-state index < -0.39 is 0 Å². The third-order valence-corrected chi connectivity index (χ3v) is 3.73. The van der Waals surface area contributed by atoms with Gasteiger partial charge in [-0.2, -0.15) is 0 Å². The smallest absolute Gasteiger partial charge is 0.246 e. The van der Waals surface area contributed by atoms with Crippen molar-refractivity contribution in [2.75, 3.05) is 11.9 Å². The topological polar surface area (TPSA) is 83.9 Å². The fraction of sp³-hybridized carbons (Fsp3) is 0.312. The lowest BCUT2D eigenvalue weighted by molar-refractivity contribution is -0.126. The van der Waals surface area contributed by atoms with E-state index >= 15 is 0 Å². The van der Waals surface area contributed by atoms with Gasteiger partial charge in [-0.3, -0.25) is 9.78 Å². The van der Waals surface area contributed by atoms with Crippen LogP contribution in [0.5, 0.6) is 0 Å². The third kappa shape index (κ3) is 3.33. The normalized spacial score (nSPS) is 17.1. The summed E-state index contributed by atoms with van der Waals surface area (Å²) in [6.45, 7) is 6.13. The van der Waals surface area contributed by atoms with Gasteiger partial charge in [-0.15, -0.1) is 0 Å². The number of carbonyl (C=O) groups excluding carboxylic acids is 1. The highest BCUT2D eigenvalue weighted by molar-refractivity contribution is 5.87. The van der Waals surface area contributed by atoms with E-state index in [0.717, 1.165) is 25.1 Å². The van der Waals surface area contributed by atoms with Crippen molar-refractivity contribution in [1.29, 1.82) is 0 Å². The van der Waals surface area contributed by atoms with Crippen LogP contribution in [-0.4, -0.2) is 37.3 Å². The number of hydrogen-bond acceptors (Lipinski definition) is 6. The van der Waals surface area contributed by atoms with Crippen molar-refractivity contribution in [3.05, 3.63) is 48.8 Å². The Morgan fingerprint density at radius 2 is 2.26 bits per heavy atom. The highest BCUT2D eigenvalue weighted by Crippen LogP contribution is 2.32. The van der Waals surface area contributed by atoms with E-state index in [-0.39, 0.29) is 11.9 Å². The molecular weight excluding hydrogens is 292 g/mol. The predicted octanol–water partition coefficient (Wildman–Crippen LogP) is 2.17. The summed E-state index contributed by atoms with van der Waals surface area (Å²) in [5, 5.41) is 3.12. The molecule has 2 aromatic rings. The maximum atomic E-state index is 12.0. The van der Waals surface area contributed by atoms with Crippen molar-refractivity contribution in [3.63, 3.8) is 0 Å². The summed E-state index contributed by atoms with van der Waals surface area (Å²) in [5.41, 5.74) is 0.830. The van der Waals surface area contributed by atoms with Gasteiger partial charge < -0.3 is 10.2 Å². The van der Waals surface area contributed by atoms with Crippen LogP contribution in [0.3, 0.4) is 0 Å². The molecule has 3 rings (SSSR count). The number of nitrogens with zero attached hydrogens (tertiary/aromatic N) is 5. The Morgan fingerprint density at radius 3 is 3.00 bits per heavy atom. The number of amides is 1. The van der Waals surface area contributed by atoms with E-state index in [1.54, 1.807) is 23.5 Å². The van der Waals surface area contributed by atoms with Gasteiger partial charge in [0, 0.05) is 25.0 Å². The molecular formula is C16H18N6O. The van der Waals surface area contributed by atoms with E-state index in [1.807, 2.05) is 13.0 Å². The van der Waals surface area contributed by atoms with Gasteiger partial charge in [0.1, 0.15) is 17.5 Å². The second-order valence-corrected chi connectivity index (χ2v) is 5.33. The van der Waals surface area contributed by atoms with Gasteiger partial charge in [-0.05, 0) is 25.8 Å². The first-order valence-electron chi connectivity index (χ1n) is 7.49. The highest BCUT2D eigenvalue weighted by Gasteiger charge is 2.30. The van der Waals surface area contributed by atoms with E-state index in [0.29, 0.717) is 17.5 Å². The molecule has 7 nitrogen and oxygen atoms in total. The Hall–Kier alpha value is -2.83. The number of carbonyl (C=O) groups is 1. The number of anilines is 2. The standard InChI is InChI=1S/C16H18N6O/c1-3-16(23)22-8-4-5-13(22)12-9-14(20-11(2)19-12)21-15-10-17-6-7-18-15/h3,6-7,9-10,13H,1,4-5,8H2,2H3,(H,18,19,20,21)/t13-/m0/s1. The van der Waals surface area contributed by atoms with Gasteiger partial charge in [0.15, 0.2) is 0 Å². The molecule has 0 aliphatic carbocycles. The number of nitrogens with one attached hydrogen (secondary N) is 1. The molecule has 1 saturated heterocycles. The Kier molecular flexibility index (Phi) is 4.27. The second-order valence-electron chi connectivity index (χ2n) is 5.33. The molecule has 1 atom stereocenters. The first-order valence-corrected chi connectivity index (χ1v) is 7.49. The quantitative estimate of drug-likeness (QED) is 0.871. The first-order chi connectivity index (χ1) is 11.2. The molecule has 0 bridgehead atoms. The van der Waals surface area contributed by atoms with Crippen LogP contribution in [0.1, 0.15) is 30.4 Å². The van der Waals surface area contributed by atoms with E-state index in [9.17, 15) is 4.79 Å². The summed E-state index contributed by atoms with van der Waals surface area (Å²) in [7, 11) is 0. The molecule has 0 aromatic carbocycles. The number of rotatable bonds is 4. The molecule has 1 N–H and O–H groups in total. The number of aromatic nitrogens is 4. The van der Waals surface area contributed by atoms with Crippen LogP contribution in [0.15, 0.2) is 37.3 Å². The molecule has 0 radical (unpaired) electrons. The summed E-state index contributed by atoms with van der Waals surface area (Å²) in [6.07, 6.45) is 8.05. The first kappa shape index (κ1) is 15.1. The molecule has 7 heteroatoms. The Labute approximate surface area is 134 Å². The lowest BCUT2D eigenvalue weighted by atomic mass is 10.1. The van der Waals surface area contributed by atoms with E-state index in [1.165, 1.54) is 6.08 Å². The predicted molar refractivity (Wildman–Crippen MR) is 86.0 cm³/mol. The fourth-order valence-electron chi connectivity index (χ4n) is 2.78. The molecule has 118 valence electrons. The van der Waals surface area contributed by atoms with Crippen LogP contribution in [0.25, 0.3) is 0 Å². The number of hydrogen-bond donors (Lipinski definition) is 1. The van der Waals surface area contributed by atoms with Crippen molar-refractivity contribution in [3.8, 4) is 0 Å². The number of likely N-dealkylation sites (tertiary alicyclic amines) is 1. The lowest BCUT2D eigenvalue weighted by Crippen LogP contribution is -2.29. The molecule has 0 unspecified atom stereocenters. The molecule has 0 spiro atoms. The van der Waals surface area contributed by atoms with Crippen molar-refractivity contribution in [1.82, 2.24) is 24.8 Å². The minimum absolute atomic E-state index is 0.0374. The molecule has 1 amide bonds. The zero-order valence-corrected chi connectivity index (χ0v) is 12.9. The zero-order valence-electron chi connectivity index (χ0n) is 12.9. The highest BCUT2D eigenvalue weighted by atomic mass is 16.2. The molecule has 3 heterocycles.